The molecule has 2 aliphatic rings. The van der Waals surface area contributed by atoms with Crippen LogP contribution in [0.4, 0.5) is 5.82 Å². The highest BCUT2D eigenvalue weighted by atomic mass is 16.2. The number of carbonyl (C=O) groups is 1. The Morgan fingerprint density at radius 2 is 1.96 bits per heavy atom. The monoisotopic (exact) mass is 351 g/mol. The Labute approximate surface area is 153 Å². The number of piperazine rings is 1. The lowest BCUT2D eigenvalue weighted by molar-refractivity contribution is -0.133. The quantitative estimate of drug-likeness (QED) is 0.855. The molecule has 0 radical (unpaired) electrons. The van der Waals surface area contributed by atoms with Gasteiger partial charge >= 0.3 is 0 Å². The molecule has 1 atom stereocenters. The van der Waals surface area contributed by atoms with E-state index >= 15 is 0 Å². The number of allylic oxidation sites excluding steroid dienone is 2. The molecular weight excluding hydrogens is 326 g/mol. The molecule has 0 bridgehead atoms. The van der Waals surface area contributed by atoms with E-state index in [4.69, 9.17) is 5.73 Å². The van der Waals surface area contributed by atoms with Gasteiger partial charge in [0.1, 0.15) is 11.6 Å². The fourth-order valence-electron chi connectivity index (χ4n) is 3.80. The maximum absolute atomic E-state index is 12.4. The highest BCUT2D eigenvalue weighted by Gasteiger charge is 2.24. The van der Waals surface area contributed by atoms with E-state index in [1.807, 2.05) is 29.2 Å². The first kappa shape index (κ1) is 17.0. The number of fused-ring (bicyclic) bond motifs is 1. The molecule has 0 spiro atoms. The van der Waals surface area contributed by atoms with Gasteiger partial charge in [-0.3, -0.25) is 9.69 Å². The Hall–Kier alpha value is -2.47. The van der Waals surface area contributed by atoms with Crippen LogP contribution >= 0.6 is 0 Å². The number of aromatic nitrogens is 2. The van der Waals surface area contributed by atoms with Gasteiger partial charge in [0.05, 0.1) is 12.1 Å². The average Bonchev–Trinajstić information content (AvgIpc) is 3.15. The zero-order chi connectivity index (χ0) is 17.9. The van der Waals surface area contributed by atoms with Crippen molar-refractivity contribution in [3.8, 4) is 0 Å². The predicted molar refractivity (Wildman–Crippen MR) is 102 cm³/mol. The number of rotatable bonds is 4. The molecule has 1 aromatic carbocycles. The zero-order valence-electron chi connectivity index (χ0n) is 15.0. The fourth-order valence-corrected chi connectivity index (χ4v) is 3.80. The van der Waals surface area contributed by atoms with Crippen molar-refractivity contribution in [3.05, 3.63) is 42.2 Å². The highest BCUT2D eigenvalue weighted by Crippen LogP contribution is 2.22. The molecule has 0 unspecified atom stereocenters. The molecule has 2 aromatic rings. The third-order valence-corrected chi connectivity index (χ3v) is 5.32. The molecule has 0 saturated carbocycles. The molecule has 1 fully saturated rings. The van der Waals surface area contributed by atoms with Crippen molar-refractivity contribution in [1.29, 1.82) is 0 Å². The second kappa shape index (κ2) is 7.41. The van der Waals surface area contributed by atoms with E-state index in [9.17, 15) is 4.79 Å². The minimum absolute atomic E-state index is 0.285. The van der Waals surface area contributed by atoms with Crippen LogP contribution in [0.15, 0.2) is 36.4 Å². The van der Waals surface area contributed by atoms with Gasteiger partial charge in [-0.2, -0.15) is 0 Å². The van der Waals surface area contributed by atoms with Crippen LogP contribution in [0.5, 0.6) is 0 Å². The number of nitrogen functional groups attached to an aromatic ring is 1. The minimum atomic E-state index is 0.285. The Balaban J connectivity index is 1.33. The Bertz CT molecular complexity index is 826. The van der Waals surface area contributed by atoms with Crippen molar-refractivity contribution in [2.45, 2.75) is 25.8 Å². The first-order valence-electron chi connectivity index (χ1n) is 9.37. The van der Waals surface area contributed by atoms with Gasteiger partial charge in [0.25, 0.3) is 0 Å². The molecule has 1 saturated heterocycles. The smallest absolute Gasteiger partial charge is 0.223 e. The van der Waals surface area contributed by atoms with Gasteiger partial charge in [-0.1, -0.05) is 24.3 Å². The van der Waals surface area contributed by atoms with Crippen molar-refractivity contribution in [3.63, 3.8) is 0 Å². The summed E-state index contributed by atoms with van der Waals surface area (Å²) in [7, 11) is 0. The summed E-state index contributed by atoms with van der Waals surface area (Å²) in [5.74, 6) is 2.00. The lowest BCUT2D eigenvalue weighted by Gasteiger charge is -2.34. The third-order valence-electron chi connectivity index (χ3n) is 5.32. The number of para-hydroxylation sites is 1. The number of amides is 1. The average molecular weight is 351 g/mol. The molecule has 136 valence electrons. The lowest BCUT2D eigenvalue weighted by atomic mass is 10.0. The third kappa shape index (κ3) is 3.70. The van der Waals surface area contributed by atoms with Crippen molar-refractivity contribution in [2.24, 2.45) is 5.92 Å². The molecule has 1 aromatic heterocycles. The Morgan fingerprint density at radius 1 is 1.15 bits per heavy atom. The number of hydrogen-bond acceptors (Lipinski definition) is 5. The Morgan fingerprint density at radius 3 is 2.73 bits per heavy atom. The van der Waals surface area contributed by atoms with E-state index in [1.54, 1.807) is 0 Å². The normalized spacial score (nSPS) is 20.8. The molecule has 1 aliphatic heterocycles. The van der Waals surface area contributed by atoms with Crippen molar-refractivity contribution < 1.29 is 4.79 Å². The van der Waals surface area contributed by atoms with Crippen LogP contribution in [0.2, 0.25) is 0 Å². The molecule has 4 rings (SSSR count). The van der Waals surface area contributed by atoms with E-state index in [0.29, 0.717) is 24.7 Å². The van der Waals surface area contributed by atoms with Gasteiger partial charge < -0.3 is 10.6 Å². The van der Waals surface area contributed by atoms with Gasteiger partial charge in [-0.15, -0.1) is 0 Å². The first-order valence-corrected chi connectivity index (χ1v) is 9.37. The fraction of sp³-hybridized carbons (Fsp3) is 0.450. The number of anilines is 1. The summed E-state index contributed by atoms with van der Waals surface area (Å²) < 4.78 is 0. The van der Waals surface area contributed by atoms with Crippen LogP contribution in [0.25, 0.3) is 10.9 Å². The zero-order valence-corrected chi connectivity index (χ0v) is 15.0. The molecule has 2 N–H and O–H groups in total. The first-order chi connectivity index (χ1) is 12.7. The van der Waals surface area contributed by atoms with E-state index in [0.717, 1.165) is 55.7 Å². The summed E-state index contributed by atoms with van der Waals surface area (Å²) in [4.78, 5) is 25.8. The maximum atomic E-state index is 12.4. The van der Waals surface area contributed by atoms with E-state index in [1.165, 1.54) is 0 Å². The van der Waals surface area contributed by atoms with Crippen molar-refractivity contribution in [1.82, 2.24) is 19.8 Å². The molecule has 6 heteroatoms. The van der Waals surface area contributed by atoms with Crippen LogP contribution in [0, 0.1) is 5.92 Å². The van der Waals surface area contributed by atoms with Crippen LogP contribution in [0.3, 0.4) is 0 Å². The molecule has 1 amide bonds. The topological polar surface area (TPSA) is 75.3 Å². The number of nitrogens with two attached hydrogens (primary N) is 1. The van der Waals surface area contributed by atoms with Gasteiger partial charge in [-0.25, -0.2) is 9.97 Å². The number of carbonyl (C=O) groups excluding carboxylic acids is 1. The summed E-state index contributed by atoms with van der Waals surface area (Å²) in [6.07, 6.45) is 7.26. The summed E-state index contributed by atoms with van der Waals surface area (Å²) in [5.41, 5.74) is 6.96. The van der Waals surface area contributed by atoms with Crippen LogP contribution in [-0.2, 0) is 11.3 Å². The SMILES string of the molecule is Nc1nc(CN2CCN(C(=O)C[C@H]3C=CCC3)CC2)nc2ccccc12. The van der Waals surface area contributed by atoms with Crippen molar-refractivity contribution >= 4 is 22.6 Å². The highest BCUT2D eigenvalue weighted by molar-refractivity contribution is 5.87. The summed E-state index contributed by atoms with van der Waals surface area (Å²) >= 11 is 0. The predicted octanol–water partition coefficient (Wildman–Crippen LogP) is 2.21. The van der Waals surface area contributed by atoms with Crippen LogP contribution in [0.1, 0.15) is 25.1 Å². The molecule has 6 nitrogen and oxygen atoms in total. The van der Waals surface area contributed by atoms with Crippen LogP contribution in [-0.4, -0.2) is 51.9 Å². The maximum Gasteiger partial charge on any atom is 0.223 e. The largest absolute Gasteiger partial charge is 0.383 e. The molecule has 26 heavy (non-hydrogen) atoms. The summed E-state index contributed by atoms with van der Waals surface area (Å²) in [6.45, 7) is 3.92. The van der Waals surface area contributed by atoms with Gasteiger partial charge in [0.15, 0.2) is 0 Å². The minimum Gasteiger partial charge on any atom is -0.383 e. The van der Waals surface area contributed by atoms with Gasteiger partial charge in [-0.05, 0) is 30.9 Å². The Kier molecular flexibility index (Phi) is 4.84. The number of hydrogen-bond donors (Lipinski definition) is 1. The summed E-state index contributed by atoms with van der Waals surface area (Å²) in [6, 6.07) is 7.81. The van der Waals surface area contributed by atoms with Gasteiger partial charge in [0, 0.05) is 38.0 Å². The standard InChI is InChI=1S/C20H25N5O/c21-20-16-7-3-4-8-17(16)22-18(23-20)14-24-9-11-25(12-10-24)19(26)13-15-5-1-2-6-15/h1,3-5,7-8,15H,2,6,9-14H2,(H2,21,22,23)/t15-/m0/s1. The molecule has 2 heterocycles. The van der Waals surface area contributed by atoms with E-state index < -0.39 is 0 Å². The second-order valence-corrected chi connectivity index (χ2v) is 7.17. The van der Waals surface area contributed by atoms with Crippen molar-refractivity contribution in [2.75, 3.05) is 31.9 Å². The number of benzene rings is 1. The summed E-state index contributed by atoms with van der Waals surface area (Å²) in [5, 5.41) is 0.896. The molecule has 1 aliphatic carbocycles. The number of nitrogens with zero attached hydrogens (tertiary/aromatic N) is 4. The second-order valence-electron chi connectivity index (χ2n) is 7.17. The van der Waals surface area contributed by atoms with E-state index in [2.05, 4.69) is 27.0 Å². The molecular formula is C20H25N5O. The lowest BCUT2D eigenvalue weighted by Crippen LogP contribution is -2.48. The van der Waals surface area contributed by atoms with E-state index in [-0.39, 0.29) is 5.91 Å². The van der Waals surface area contributed by atoms with Gasteiger partial charge in [0.2, 0.25) is 5.91 Å². The van der Waals surface area contributed by atoms with Crippen LogP contribution < -0.4 is 5.73 Å².